The summed E-state index contributed by atoms with van der Waals surface area (Å²) in [5, 5.41) is 7.11. The van der Waals surface area contributed by atoms with E-state index in [0.717, 1.165) is 23.0 Å². The molecule has 134 valence electrons. The van der Waals surface area contributed by atoms with Crippen molar-refractivity contribution in [3.63, 3.8) is 0 Å². The van der Waals surface area contributed by atoms with Gasteiger partial charge in [-0.15, -0.1) is 0 Å². The highest BCUT2D eigenvalue weighted by molar-refractivity contribution is 5.94. The molecule has 2 N–H and O–H groups in total. The molecule has 0 fully saturated rings. The van der Waals surface area contributed by atoms with Crippen molar-refractivity contribution >= 4 is 28.3 Å². The van der Waals surface area contributed by atoms with Gasteiger partial charge in [0, 0.05) is 37.9 Å². The van der Waals surface area contributed by atoms with E-state index in [4.69, 9.17) is 4.74 Å². The van der Waals surface area contributed by atoms with Crippen molar-refractivity contribution in [1.29, 1.82) is 0 Å². The molecule has 1 aromatic carbocycles. The molecule has 7 nitrogen and oxygen atoms in total. The molecule has 1 amide bonds. The van der Waals surface area contributed by atoms with Gasteiger partial charge in [0.2, 0.25) is 0 Å². The van der Waals surface area contributed by atoms with E-state index in [0.29, 0.717) is 30.5 Å². The molecule has 0 aliphatic heterocycles. The normalized spacial score (nSPS) is 10.7. The van der Waals surface area contributed by atoms with Crippen LogP contribution in [0, 0.1) is 6.92 Å². The van der Waals surface area contributed by atoms with Gasteiger partial charge in [0.15, 0.2) is 0 Å². The Hall–Kier alpha value is -3.06. The molecule has 3 aromatic rings. The van der Waals surface area contributed by atoms with Crippen molar-refractivity contribution in [2.45, 2.75) is 13.3 Å². The van der Waals surface area contributed by atoms with E-state index in [-0.39, 0.29) is 5.91 Å². The second-order valence-electron chi connectivity index (χ2n) is 5.79. The number of aryl methyl sites for hydroxylation is 1. The summed E-state index contributed by atoms with van der Waals surface area (Å²) in [6.45, 7) is 2.89. The Morgan fingerprint density at radius 2 is 2.04 bits per heavy atom. The molecular weight excluding hydrogens is 330 g/mol. The number of fused-ring (bicyclic) bond motifs is 1. The van der Waals surface area contributed by atoms with Crippen LogP contribution in [0.1, 0.15) is 22.7 Å². The van der Waals surface area contributed by atoms with Gasteiger partial charge in [0.25, 0.3) is 5.91 Å². The number of anilines is 2. The van der Waals surface area contributed by atoms with Crippen molar-refractivity contribution in [2.24, 2.45) is 0 Å². The second-order valence-corrected chi connectivity index (χ2v) is 5.79. The SMILES string of the molecule is COCCCNC(=O)c1cc(Nc2cccc3cccnc23)nc(C)n1. The Kier molecular flexibility index (Phi) is 5.70. The number of hydrogen-bond acceptors (Lipinski definition) is 6. The first-order valence-electron chi connectivity index (χ1n) is 8.41. The summed E-state index contributed by atoms with van der Waals surface area (Å²) in [6, 6.07) is 11.4. The first-order chi connectivity index (χ1) is 12.7. The largest absolute Gasteiger partial charge is 0.385 e. The van der Waals surface area contributed by atoms with Crippen molar-refractivity contribution in [2.75, 3.05) is 25.6 Å². The highest BCUT2D eigenvalue weighted by Gasteiger charge is 2.11. The number of carbonyl (C=O) groups excluding carboxylic acids is 1. The van der Waals surface area contributed by atoms with Gasteiger partial charge in [-0.25, -0.2) is 9.97 Å². The van der Waals surface area contributed by atoms with E-state index in [1.165, 1.54) is 0 Å². The minimum atomic E-state index is -0.231. The number of ether oxygens (including phenoxy) is 1. The summed E-state index contributed by atoms with van der Waals surface area (Å²) < 4.78 is 4.98. The second kappa shape index (κ2) is 8.35. The summed E-state index contributed by atoms with van der Waals surface area (Å²) in [5.41, 5.74) is 2.00. The lowest BCUT2D eigenvalue weighted by molar-refractivity contribution is 0.0943. The van der Waals surface area contributed by atoms with Gasteiger partial charge >= 0.3 is 0 Å². The summed E-state index contributed by atoms with van der Waals surface area (Å²) in [7, 11) is 1.63. The van der Waals surface area contributed by atoms with E-state index in [1.807, 2.05) is 30.3 Å². The van der Waals surface area contributed by atoms with E-state index in [9.17, 15) is 4.79 Å². The van der Waals surface area contributed by atoms with Gasteiger partial charge in [-0.1, -0.05) is 18.2 Å². The maximum Gasteiger partial charge on any atom is 0.270 e. The van der Waals surface area contributed by atoms with Crippen LogP contribution in [-0.2, 0) is 4.74 Å². The molecule has 0 radical (unpaired) electrons. The lowest BCUT2D eigenvalue weighted by Crippen LogP contribution is -2.26. The van der Waals surface area contributed by atoms with Crippen LogP contribution in [0.5, 0.6) is 0 Å². The third-order valence-corrected chi connectivity index (χ3v) is 3.78. The molecule has 0 unspecified atom stereocenters. The molecule has 2 heterocycles. The zero-order valence-electron chi connectivity index (χ0n) is 14.8. The van der Waals surface area contributed by atoms with Gasteiger partial charge < -0.3 is 15.4 Å². The molecule has 0 aliphatic carbocycles. The maximum absolute atomic E-state index is 12.3. The minimum absolute atomic E-state index is 0.231. The van der Waals surface area contributed by atoms with Crippen molar-refractivity contribution in [3.8, 4) is 0 Å². The molecule has 26 heavy (non-hydrogen) atoms. The number of aromatic nitrogens is 3. The Morgan fingerprint density at radius 3 is 2.88 bits per heavy atom. The molecular formula is C19H21N5O2. The predicted molar refractivity (Wildman–Crippen MR) is 101 cm³/mol. The molecule has 3 rings (SSSR count). The van der Waals surface area contributed by atoms with Crippen molar-refractivity contribution < 1.29 is 9.53 Å². The fourth-order valence-electron chi connectivity index (χ4n) is 2.60. The van der Waals surface area contributed by atoms with E-state index < -0.39 is 0 Å². The highest BCUT2D eigenvalue weighted by atomic mass is 16.5. The zero-order chi connectivity index (χ0) is 18.4. The summed E-state index contributed by atoms with van der Waals surface area (Å²) in [6.07, 6.45) is 2.50. The monoisotopic (exact) mass is 351 g/mol. The molecule has 0 bridgehead atoms. The van der Waals surface area contributed by atoms with E-state index in [2.05, 4.69) is 25.6 Å². The smallest absolute Gasteiger partial charge is 0.270 e. The Morgan fingerprint density at radius 1 is 1.19 bits per heavy atom. The van der Waals surface area contributed by atoms with Crippen LogP contribution in [0.15, 0.2) is 42.6 Å². The Labute approximate surface area is 151 Å². The van der Waals surface area contributed by atoms with Gasteiger partial charge in [0.05, 0.1) is 11.2 Å². The predicted octanol–water partition coefficient (Wildman–Crippen LogP) is 2.84. The number of para-hydroxylation sites is 1. The summed E-state index contributed by atoms with van der Waals surface area (Å²) >= 11 is 0. The van der Waals surface area contributed by atoms with Crippen LogP contribution in [0.3, 0.4) is 0 Å². The molecule has 0 spiro atoms. The van der Waals surface area contributed by atoms with Crippen molar-refractivity contribution in [3.05, 3.63) is 54.1 Å². The van der Waals surface area contributed by atoms with Crippen LogP contribution < -0.4 is 10.6 Å². The van der Waals surface area contributed by atoms with Crippen LogP contribution in [0.2, 0.25) is 0 Å². The quantitative estimate of drug-likeness (QED) is 0.636. The lowest BCUT2D eigenvalue weighted by Gasteiger charge is -2.10. The minimum Gasteiger partial charge on any atom is -0.385 e. The first-order valence-corrected chi connectivity index (χ1v) is 8.41. The number of amides is 1. The average molecular weight is 351 g/mol. The zero-order valence-corrected chi connectivity index (χ0v) is 14.8. The molecule has 0 aliphatic rings. The van der Waals surface area contributed by atoms with Crippen LogP contribution in [0.25, 0.3) is 10.9 Å². The number of methoxy groups -OCH3 is 1. The molecule has 7 heteroatoms. The number of rotatable bonds is 7. The highest BCUT2D eigenvalue weighted by Crippen LogP contribution is 2.24. The topological polar surface area (TPSA) is 89.0 Å². The van der Waals surface area contributed by atoms with Gasteiger partial charge in [-0.3, -0.25) is 9.78 Å². The Bertz CT molecular complexity index is 908. The first kappa shape index (κ1) is 17.8. The van der Waals surface area contributed by atoms with Crippen molar-refractivity contribution in [1.82, 2.24) is 20.3 Å². The van der Waals surface area contributed by atoms with Crippen LogP contribution >= 0.6 is 0 Å². The number of nitrogens with zero attached hydrogens (tertiary/aromatic N) is 3. The van der Waals surface area contributed by atoms with Crippen LogP contribution in [-0.4, -0.2) is 41.1 Å². The molecule has 0 saturated heterocycles. The van der Waals surface area contributed by atoms with Gasteiger partial charge in [0.1, 0.15) is 17.3 Å². The summed E-state index contributed by atoms with van der Waals surface area (Å²) in [5.74, 6) is 0.841. The fourth-order valence-corrected chi connectivity index (χ4v) is 2.60. The average Bonchev–Trinajstić information content (AvgIpc) is 2.65. The maximum atomic E-state index is 12.3. The third kappa shape index (κ3) is 4.31. The Balaban J connectivity index is 1.80. The number of pyridine rings is 1. The van der Waals surface area contributed by atoms with Crippen LogP contribution in [0.4, 0.5) is 11.5 Å². The van der Waals surface area contributed by atoms with E-state index in [1.54, 1.807) is 26.3 Å². The number of carbonyl (C=O) groups is 1. The summed E-state index contributed by atoms with van der Waals surface area (Å²) in [4.78, 5) is 25.3. The molecule has 0 saturated carbocycles. The van der Waals surface area contributed by atoms with Gasteiger partial charge in [-0.2, -0.15) is 0 Å². The number of hydrogen-bond donors (Lipinski definition) is 2. The number of benzene rings is 1. The molecule has 2 aromatic heterocycles. The van der Waals surface area contributed by atoms with E-state index >= 15 is 0 Å². The lowest BCUT2D eigenvalue weighted by atomic mass is 10.2. The molecule has 0 atom stereocenters. The van der Waals surface area contributed by atoms with Gasteiger partial charge in [-0.05, 0) is 25.5 Å². The fraction of sp³-hybridized carbons (Fsp3) is 0.263. The standard InChI is InChI=1S/C19H21N5O2/c1-13-22-16(19(25)21-10-5-11-26-2)12-17(23-13)24-15-8-3-6-14-7-4-9-20-18(14)15/h3-4,6-9,12H,5,10-11H2,1-2H3,(H,21,25)(H,22,23,24). The third-order valence-electron chi connectivity index (χ3n) is 3.78. The number of nitrogens with one attached hydrogen (secondary N) is 2.